The second-order valence-electron chi connectivity index (χ2n) is 7.12. The number of ether oxygens (including phenoxy) is 1. The SMILES string of the molecule is COCCn1c(=O)n([C@H]2CCCN(S(=O)(=O)c3ccccc3)C2)c2ncccc21. The number of imidazole rings is 1. The molecule has 0 unspecified atom stereocenters. The van der Waals surface area contributed by atoms with E-state index in [0.717, 1.165) is 11.9 Å². The Morgan fingerprint density at radius 2 is 1.97 bits per heavy atom. The van der Waals surface area contributed by atoms with Crippen LogP contribution in [0, 0.1) is 0 Å². The van der Waals surface area contributed by atoms with Crippen LogP contribution in [0.15, 0.2) is 58.4 Å². The molecule has 154 valence electrons. The average molecular weight is 417 g/mol. The zero-order valence-corrected chi connectivity index (χ0v) is 17.1. The van der Waals surface area contributed by atoms with Crippen molar-refractivity contribution in [3.8, 4) is 0 Å². The minimum absolute atomic E-state index is 0.181. The summed E-state index contributed by atoms with van der Waals surface area (Å²) in [6.45, 7) is 1.52. The molecule has 0 radical (unpaired) electrons. The molecule has 1 aromatic carbocycles. The summed E-state index contributed by atoms with van der Waals surface area (Å²) in [4.78, 5) is 17.9. The zero-order chi connectivity index (χ0) is 20.4. The molecule has 1 aliphatic rings. The molecule has 8 nitrogen and oxygen atoms in total. The van der Waals surface area contributed by atoms with E-state index in [9.17, 15) is 13.2 Å². The quantitative estimate of drug-likeness (QED) is 0.612. The van der Waals surface area contributed by atoms with Gasteiger partial charge in [0.25, 0.3) is 0 Å². The molecule has 4 rings (SSSR count). The van der Waals surface area contributed by atoms with Gasteiger partial charge in [-0.3, -0.25) is 9.13 Å². The number of aromatic nitrogens is 3. The standard InChI is InChI=1S/C20H24N4O4S/c1-28-14-13-23-18-10-5-11-21-19(18)24(20(23)25)16-7-6-12-22(15-16)29(26,27)17-8-3-2-4-9-17/h2-5,8-11,16H,6-7,12-15H2,1H3/t16-/m0/s1. The van der Waals surface area contributed by atoms with Crippen LogP contribution in [0.25, 0.3) is 11.2 Å². The molecule has 0 spiro atoms. The van der Waals surface area contributed by atoms with Crippen molar-refractivity contribution >= 4 is 21.2 Å². The lowest BCUT2D eigenvalue weighted by Gasteiger charge is -2.32. The third-order valence-electron chi connectivity index (χ3n) is 5.35. The van der Waals surface area contributed by atoms with Crippen molar-refractivity contribution in [2.45, 2.75) is 30.3 Å². The highest BCUT2D eigenvalue weighted by Crippen LogP contribution is 2.28. The molecule has 29 heavy (non-hydrogen) atoms. The van der Waals surface area contributed by atoms with Gasteiger partial charge in [-0.1, -0.05) is 18.2 Å². The Morgan fingerprint density at radius 1 is 1.17 bits per heavy atom. The second kappa shape index (κ2) is 8.10. The molecule has 1 fully saturated rings. The number of piperidine rings is 1. The molecule has 0 amide bonds. The summed E-state index contributed by atoms with van der Waals surface area (Å²) in [7, 11) is -2.01. The number of benzene rings is 1. The van der Waals surface area contributed by atoms with Gasteiger partial charge in [0.1, 0.15) is 0 Å². The fourth-order valence-corrected chi connectivity index (χ4v) is 5.46. The van der Waals surface area contributed by atoms with Crippen molar-refractivity contribution < 1.29 is 13.2 Å². The number of hydrogen-bond donors (Lipinski definition) is 0. The van der Waals surface area contributed by atoms with Gasteiger partial charge in [-0.2, -0.15) is 4.31 Å². The molecule has 0 saturated carbocycles. The van der Waals surface area contributed by atoms with Crippen molar-refractivity contribution in [3.05, 3.63) is 59.1 Å². The van der Waals surface area contributed by atoms with E-state index in [2.05, 4.69) is 4.98 Å². The fraction of sp³-hybridized carbons (Fsp3) is 0.400. The third kappa shape index (κ3) is 3.61. The number of fused-ring (bicyclic) bond motifs is 1. The molecule has 1 saturated heterocycles. The van der Waals surface area contributed by atoms with Crippen LogP contribution in [0.4, 0.5) is 0 Å². The molecule has 3 heterocycles. The van der Waals surface area contributed by atoms with Crippen molar-refractivity contribution in [2.24, 2.45) is 0 Å². The first-order chi connectivity index (χ1) is 14.0. The van der Waals surface area contributed by atoms with Crippen LogP contribution >= 0.6 is 0 Å². The number of pyridine rings is 1. The van der Waals surface area contributed by atoms with E-state index in [1.54, 1.807) is 58.8 Å². The van der Waals surface area contributed by atoms with Crippen LogP contribution in [-0.4, -0.2) is 53.6 Å². The van der Waals surface area contributed by atoms with Crippen LogP contribution in [-0.2, 0) is 21.3 Å². The molecular weight excluding hydrogens is 392 g/mol. The maximum atomic E-state index is 13.2. The Kier molecular flexibility index (Phi) is 5.53. The molecule has 2 aromatic heterocycles. The average Bonchev–Trinajstić information content (AvgIpc) is 3.04. The Balaban J connectivity index is 1.72. The summed E-state index contributed by atoms with van der Waals surface area (Å²) in [5, 5.41) is 0. The van der Waals surface area contributed by atoms with E-state index in [0.29, 0.717) is 31.8 Å². The molecular formula is C20H24N4O4S. The first kappa shape index (κ1) is 19.8. The Morgan fingerprint density at radius 3 is 2.72 bits per heavy atom. The highest BCUT2D eigenvalue weighted by molar-refractivity contribution is 7.89. The summed E-state index contributed by atoms with van der Waals surface area (Å²) >= 11 is 0. The third-order valence-corrected chi connectivity index (χ3v) is 7.23. The van der Waals surface area contributed by atoms with E-state index in [1.807, 2.05) is 6.07 Å². The number of hydrogen-bond acceptors (Lipinski definition) is 5. The van der Waals surface area contributed by atoms with Crippen LogP contribution in [0.1, 0.15) is 18.9 Å². The monoisotopic (exact) mass is 416 g/mol. The van der Waals surface area contributed by atoms with Gasteiger partial charge >= 0.3 is 5.69 Å². The van der Waals surface area contributed by atoms with Gasteiger partial charge in [0, 0.05) is 26.4 Å². The summed E-state index contributed by atoms with van der Waals surface area (Å²) in [6, 6.07) is 11.8. The molecule has 0 bridgehead atoms. The minimum Gasteiger partial charge on any atom is -0.383 e. The van der Waals surface area contributed by atoms with Crippen molar-refractivity contribution in [2.75, 3.05) is 26.8 Å². The normalized spacial score (nSPS) is 18.3. The molecule has 1 aliphatic heterocycles. The molecule has 1 atom stereocenters. The first-order valence-corrected chi connectivity index (χ1v) is 11.1. The summed E-state index contributed by atoms with van der Waals surface area (Å²) in [5.41, 5.74) is 1.13. The van der Waals surface area contributed by atoms with Crippen molar-refractivity contribution in [1.29, 1.82) is 0 Å². The maximum absolute atomic E-state index is 13.2. The molecule has 0 aliphatic carbocycles. The largest absolute Gasteiger partial charge is 0.383 e. The summed E-state index contributed by atoms with van der Waals surface area (Å²) < 4.78 is 36.0. The highest BCUT2D eigenvalue weighted by Gasteiger charge is 2.33. The predicted octanol–water partition coefficient (Wildman–Crippen LogP) is 1.87. The first-order valence-electron chi connectivity index (χ1n) is 9.64. The van der Waals surface area contributed by atoms with E-state index < -0.39 is 10.0 Å². The van der Waals surface area contributed by atoms with Crippen LogP contribution in [0.2, 0.25) is 0 Å². The van der Waals surface area contributed by atoms with Gasteiger partial charge in [-0.25, -0.2) is 18.2 Å². The van der Waals surface area contributed by atoms with Crippen LogP contribution in [0.5, 0.6) is 0 Å². The van der Waals surface area contributed by atoms with Crippen molar-refractivity contribution in [1.82, 2.24) is 18.4 Å². The van der Waals surface area contributed by atoms with Crippen molar-refractivity contribution in [3.63, 3.8) is 0 Å². The Labute approximate surface area is 169 Å². The van der Waals surface area contributed by atoms with E-state index in [4.69, 9.17) is 4.74 Å². The Hall–Kier alpha value is -2.49. The summed E-state index contributed by atoms with van der Waals surface area (Å²) in [6.07, 6.45) is 3.06. The van der Waals surface area contributed by atoms with E-state index in [1.165, 1.54) is 4.31 Å². The number of methoxy groups -OCH3 is 1. The second-order valence-corrected chi connectivity index (χ2v) is 9.05. The number of sulfonamides is 1. The van der Waals surface area contributed by atoms with E-state index >= 15 is 0 Å². The smallest absolute Gasteiger partial charge is 0.330 e. The molecule has 9 heteroatoms. The predicted molar refractivity (Wildman–Crippen MR) is 109 cm³/mol. The van der Waals surface area contributed by atoms with Gasteiger partial charge in [0.05, 0.1) is 29.6 Å². The fourth-order valence-electron chi connectivity index (χ4n) is 3.93. The van der Waals surface area contributed by atoms with Gasteiger partial charge in [-0.05, 0) is 37.1 Å². The minimum atomic E-state index is -3.61. The lowest BCUT2D eigenvalue weighted by atomic mass is 10.1. The molecule has 0 N–H and O–H groups in total. The van der Waals surface area contributed by atoms with Gasteiger partial charge < -0.3 is 4.74 Å². The Bertz CT molecular complexity index is 1150. The summed E-state index contributed by atoms with van der Waals surface area (Å²) in [5.74, 6) is 0. The lowest BCUT2D eigenvalue weighted by Crippen LogP contribution is -2.43. The zero-order valence-electron chi connectivity index (χ0n) is 16.3. The topological polar surface area (TPSA) is 86.4 Å². The van der Waals surface area contributed by atoms with Gasteiger partial charge in [-0.15, -0.1) is 0 Å². The number of nitrogens with zero attached hydrogens (tertiary/aromatic N) is 4. The molecule has 3 aromatic rings. The lowest BCUT2D eigenvalue weighted by molar-refractivity contribution is 0.186. The number of rotatable bonds is 6. The van der Waals surface area contributed by atoms with Gasteiger partial charge in [0.15, 0.2) is 5.65 Å². The van der Waals surface area contributed by atoms with Crippen LogP contribution < -0.4 is 5.69 Å². The highest BCUT2D eigenvalue weighted by atomic mass is 32.2. The van der Waals surface area contributed by atoms with Gasteiger partial charge in [0.2, 0.25) is 10.0 Å². The van der Waals surface area contributed by atoms with E-state index in [-0.39, 0.29) is 23.2 Å². The van der Waals surface area contributed by atoms with Crippen LogP contribution in [0.3, 0.4) is 0 Å². The maximum Gasteiger partial charge on any atom is 0.330 e.